The number of pyridine rings is 1. The summed E-state index contributed by atoms with van der Waals surface area (Å²) in [4.78, 5) is 38.1. The minimum Gasteiger partial charge on any atom is -0.465 e. The number of benzene rings is 1. The molecule has 3 aliphatic rings. The van der Waals surface area contributed by atoms with E-state index in [0.717, 1.165) is 69.0 Å². The van der Waals surface area contributed by atoms with E-state index in [2.05, 4.69) is 34.0 Å². The molecule has 0 unspecified atom stereocenters. The molecule has 2 aromatic heterocycles. The van der Waals surface area contributed by atoms with E-state index in [4.69, 9.17) is 9.47 Å². The second-order valence-electron chi connectivity index (χ2n) is 15.0. The Kier molecular flexibility index (Phi) is 12.6. The van der Waals surface area contributed by atoms with Crippen molar-refractivity contribution in [2.45, 2.75) is 115 Å². The van der Waals surface area contributed by atoms with Crippen LogP contribution in [0.15, 0.2) is 35.4 Å². The molecule has 0 saturated carbocycles. The smallest absolute Gasteiger partial charge is 0.407 e. The highest BCUT2D eigenvalue weighted by Crippen LogP contribution is 2.44. The second kappa shape index (κ2) is 17.2. The minimum absolute atomic E-state index is 0.0230. The third-order valence-electron chi connectivity index (χ3n) is 11.4. The molecule has 5 heterocycles. The van der Waals surface area contributed by atoms with Crippen molar-refractivity contribution in [3.8, 4) is 0 Å². The van der Waals surface area contributed by atoms with Crippen molar-refractivity contribution in [3.05, 3.63) is 63.5 Å². The average molecular weight is 743 g/mol. The van der Waals surface area contributed by atoms with Gasteiger partial charge in [-0.3, -0.25) is 9.36 Å². The number of alkyl halides is 2. The van der Waals surface area contributed by atoms with Crippen LogP contribution in [0.3, 0.4) is 0 Å². The molecule has 3 aliphatic heterocycles. The molecule has 14 heteroatoms. The highest BCUT2D eigenvalue weighted by molar-refractivity contribution is 5.87. The van der Waals surface area contributed by atoms with Gasteiger partial charge in [0, 0.05) is 42.7 Å². The lowest BCUT2D eigenvalue weighted by atomic mass is 9.85. The molecule has 1 aromatic carbocycles. The van der Waals surface area contributed by atoms with Gasteiger partial charge in [-0.25, -0.2) is 27.9 Å². The zero-order valence-electron chi connectivity index (χ0n) is 31.0. The highest BCUT2D eigenvalue weighted by Gasteiger charge is 2.45. The fourth-order valence-electron chi connectivity index (χ4n) is 8.13. The zero-order chi connectivity index (χ0) is 37.7. The Labute approximate surface area is 308 Å². The molecule has 0 aliphatic carbocycles. The van der Waals surface area contributed by atoms with Crippen LogP contribution in [0.2, 0.25) is 0 Å². The van der Waals surface area contributed by atoms with E-state index in [9.17, 15) is 14.7 Å². The topological polar surface area (TPSA) is 122 Å². The molecule has 6 rings (SSSR count). The number of piperidine rings is 2. The Balaban J connectivity index is 1.25. The Morgan fingerprint density at radius 1 is 1.00 bits per heavy atom. The summed E-state index contributed by atoms with van der Waals surface area (Å²) in [5.41, 5.74) is 0.492. The number of unbranched alkanes of at least 4 members (excludes halogenated alkanes) is 3. The third kappa shape index (κ3) is 8.81. The monoisotopic (exact) mass is 742 g/mol. The SMILES string of the molecule is CC(C)N1CCC(c2cc3c(N[C@H](C)c4cccc(C(F)(F)C5CCN(C(=O)O)CC5)c4F)ncnc3n(CCCCCCC3OCCO3)c2=O)CC1. The summed E-state index contributed by atoms with van der Waals surface area (Å²) in [6.45, 7) is 9.54. The lowest BCUT2D eigenvalue weighted by molar-refractivity contribution is -0.0861. The van der Waals surface area contributed by atoms with Gasteiger partial charge in [-0.1, -0.05) is 31.0 Å². The van der Waals surface area contributed by atoms with Gasteiger partial charge in [-0.05, 0) is 90.8 Å². The first-order valence-corrected chi connectivity index (χ1v) is 19.2. The Morgan fingerprint density at radius 2 is 1.70 bits per heavy atom. The predicted octanol–water partition coefficient (Wildman–Crippen LogP) is 7.50. The fraction of sp³-hybridized carbons (Fsp3) is 0.641. The number of ether oxygens (including phenoxy) is 2. The maximum Gasteiger partial charge on any atom is 0.407 e. The van der Waals surface area contributed by atoms with Crippen LogP contribution < -0.4 is 10.9 Å². The number of hydrogen-bond donors (Lipinski definition) is 2. The number of aromatic nitrogens is 3. The molecule has 1 amide bonds. The summed E-state index contributed by atoms with van der Waals surface area (Å²) < 4.78 is 60.6. The van der Waals surface area contributed by atoms with Gasteiger partial charge in [-0.15, -0.1) is 0 Å². The van der Waals surface area contributed by atoms with Gasteiger partial charge in [0.25, 0.3) is 11.5 Å². The van der Waals surface area contributed by atoms with Crippen molar-refractivity contribution < 1.29 is 32.5 Å². The van der Waals surface area contributed by atoms with Gasteiger partial charge in [-0.2, -0.15) is 0 Å². The molecule has 0 bridgehead atoms. The van der Waals surface area contributed by atoms with E-state index in [-0.39, 0.29) is 49.3 Å². The predicted molar refractivity (Wildman–Crippen MR) is 196 cm³/mol. The number of halogens is 3. The molecule has 11 nitrogen and oxygen atoms in total. The van der Waals surface area contributed by atoms with Crippen molar-refractivity contribution in [3.63, 3.8) is 0 Å². The normalized spacial score (nSPS) is 19.0. The van der Waals surface area contributed by atoms with Crippen LogP contribution >= 0.6 is 0 Å². The molecule has 1 atom stereocenters. The lowest BCUT2D eigenvalue weighted by Crippen LogP contribution is -2.42. The number of likely N-dealkylation sites (tertiary alicyclic amines) is 2. The number of aryl methyl sites for hydroxylation is 1. The first-order valence-electron chi connectivity index (χ1n) is 19.2. The van der Waals surface area contributed by atoms with E-state index in [0.29, 0.717) is 48.2 Å². The molecule has 3 fully saturated rings. The van der Waals surface area contributed by atoms with E-state index < -0.39 is 35.4 Å². The maximum atomic E-state index is 16.1. The summed E-state index contributed by atoms with van der Waals surface area (Å²) in [7, 11) is 0. The summed E-state index contributed by atoms with van der Waals surface area (Å²) in [5, 5.41) is 13.1. The number of amides is 1. The van der Waals surface area contributed by atoms with Crippen LogP contribution in [0.4, 0.5) is 23.8 Å². The number of nitrogens with one attached hydrogen (secondary N) is 1. The molecule has 3 aromatic rings. The molecular weight excluding hydrogens is 689 g/mol. The third-order valence-corrected chi connectivity index (χ3v) is 11.4. The van der Waals surface area contributed by atoms with E-state index in [1.807, 2.05) is 6.07 Å². The van der Waals surface area contributed by atoms with Crippen LogP contribution in [0.25, 0.3) is 11.0 Å². The van der Waals surface area contributed by atoms with Crippen LogP contribution in [0.5, 0.6) is 0 Å². The molecule has 290 valence electrons. The zero-order valence-corrected chi connectivity index (χ0v) is 31.0. The quantitative estimate of drug-likeness (QED) is 0.162. The minimum atomic E-state index is -3.49. The van der Waals surface area contributed by atoms with Crippen LogP contribution in [0, 0.1) is 11.7 Å². The van der Waals surface area contributed by atoms with Crippen molar-refractivity contribution in [1.82, 2.24) is 24.3 Å². The van der Waals surface area contributed by atoms with E-state index >= 15 is 13.2 Å². The van der Waals surface area contributed by atoms with Crippen molar-refractivity contribution in [1.29, 1.82) is 0 Å². The van der Waals surface area contributed by atoms with Crippen molar-refractivity contribution >= 4 is 22.9 Å². The lowest BCUT2D eigenvalue weighted by Gasteiger charge is -2.35. The van der Waals surface area contributed by atoms with Gasteiger partial charge in [0.1, 0.15) is 23.6 Å². The Morgan fingerprint density at radius 3 is 2.38 bits per heavy atom. The van der Waals surface area contributed by atoms with Crippen LogP contribution in [0.1, 0.15) is 107 Å². The second-order valence-corrected chi connectivity index (χ2v) is 15.0. The van der Waals surface area contributed by atoms with E-state index in [1.165, 1.54) is 18.5 Å². The first kappa shape index (κ1) is 39.0. The van der Waals surface area contributed by atoms with Gasteiger partial charge >= 0.3 is 6.09 Å². The number of hydrogen-bond acceptors (Lipinski definition) is 8. The summed E-state index contributed by atoms with van der Waals surface area (Å²) in [6.07, 6.45) is 6.17. The number of anilines is 1. The first-order chi connectivity index (χ1) is 25.5. The molecule has 0 spiro atoms. The number of carboxylic acid groups (broad SMARTS) is 1. The number of carbonyl (C=O) groups is 1. The van der Waals surface area contributed by atoms with Crippen molar-refractivity contribution in [2.75, 3.05) is 44.7 Å². The molecule has 3 saturated heterocycles. The largest absolute Gasteiger partial charge is 0.465 e. The average Bonchev–Trinajstić information content (AvgIpc) is 3.67. The summed E-state index contributed by atoms with van der Waals surface area (Å²) >= 11 is 0. The molecule has 2 N–H and O–H groups in total. The highest BCUT2D eigenvalue weighted by atomic mass is 19.3. The number of nitrogens with zero attached hydrogens (tertiary/aromatic N) is 5. The van der Waals surface area contributed by atoms with Crippen LogP contribution in [-0.2, 0) is 21.9 Å². The standard InChI is InChI=1S/C39H53F3N6O5/c1-25(2)46-17-12-27(13-18-46)30-23-31-35(43-24-44-36(31)48(37(30)49)16-7-5-4-6-11-33-52-21-22-53-33)45-26(3)29-9-8-10-32(34(29)40)39(41,42)28-14-19-47(20-15-28)38(50)51/h8-10,23-28,33H,4-7,11-22H2,1-3H3,(H,50,51)(H,43,44,45)/t26-/m1/s1. The molecule has 0 radical (unpaired) electrons. The van der Waals surface area contributed by atoms with Crippen molar-refractivity contribution in [2.24, 2.45) is 5.92 Å². The molecule has 53 heavy (non-hydrogen) atoms. The summed E-state index contributed by atoms with van der Waals surface area (Å²) in [5.74, 6) is -5.22. The van der Waals surface area contributed by atoms with Crippen LogP contribution in [-0.4, -0.2) is 87.3 Å². The van der Waals surface area contributed by atoms with E-state index in [1.54, 1.807) is 11.5 Å². The van der Waals surface area contributed by atoms with Gasteiger partial charge in [0.2, 0.25) is 0 Å². The van der Waals surface area contributed by atoms with Gasteiger partial charge in [0.15, 0.2) is 6.29 Å². The number of fused-ring (bicyclic) bond motifs is 1. The van der Waals surface area contributed by atoms with Gasteiger partial charge in [0.05, 0.1) is 30.2 Å². The van der Waals surface area contributed by atoms with Gasteiger partial charge < -0.3 is 29.7 Å². The number of rotatable bonds is 14. The Bertz CT molecular complexity index is 1770. The maximum absolute atomic E-state index is 16.1. The fourth-order valence-corrected chi connectivity index (χ4v) is 8.13. The Hall–Kier alpha value is -3.75. The summed E-state index contributed by atoms with van der Waals surface area (Å²) in [6, 6.07) is 5.57. The molecular formula is C39H53F3N6O5.